The molecule has 0 saturated carbocycles. The van der Waals surface area contributed by atoms with Crippen molar-refractivity contribution in [3.05, 3.63) is 81.1 Å². The smallest absolute Gasteiger partial charge is 0.303 e. The molecule has 0 fully saturated rings. The van der Waals surface area contributed by atoms with Gasteiger partial charge in [0.25, 0.3) is 5.56 Å². The molecule has 1 aliphatic rings. The molecule has 2 N–H and O–H groups in total. The van der Waals surface area contributed by atoms with Crippen molar-refractivity contribution in [3.63, 3.8) is 0 Å². The average Bonchev–Trinajstić information content (AvgIpc) is 3.17. The number of H-pyrrole nitrogens is 1. The van der Waals surface area contributed by atoms with Crippen LogP contribution in [0.3, 0.4) is 0 Å². The Kier molecular flexibility index (Phi) is 5.42. The summed E-state index contributed by atoms with van der Waals surface area (Å²) in [6.07, 6.45) is -0.0396. The van der Waals surface area contributed by atoms with E-state index in [1.807, 2.05) is 62.4 Å². The van der Waals surface area contributed by atoms with Gasteiger partial charge in [-0.15, -0.1) is 0 Å². The summed E-state index contributed by atoms with van der Waals surface area (Å²) in [7, 11) is 0. The topological polar surface area (TPSA) is 103 Å². The average molecular weight is 417 g/mol. The Morgan fingerprint density at radius 1 is 1.10 bits per heavy atom. The number of hydrogen-bond acceptors (Lipinski definition) is 4. The number of aliphatic carboxylic acids is 1. The number of rotatable bonds is 5. The zero-order valence-electron chi connectivity index (χ0n) is 17.4. The standard InChI is InChI=1S/C24H23N3O4/c1-14-7-9-16(10-8-14)20-13-19(26-27(20)21(28)11-12-22(29)30)23-15(2)17-5-3-4-6-18(17)25-24(23)31/h3-10,20H,11-13H2,1-2H3,(H,25,31)(H,29,30). The number of carbonyl (C=O) groups excluding carboxylic acids is 1. The zero-order valence-corrected chi connectivity index (χ0v) is 17.4. The van der Waals surface area contributed by atoms with Crippen LogP contribution in [0.25, 0.3) is 10.9 Å². The third-order valence-corrected chi connectivity index (χ3v) is 5.65. The third-order valence-electron chi connectivity index (χ3n) is 5.65. The molecule has 1 atom stereocenters. The van der Waals surface area contributed by atoms with E-state index in [9.17, 15) is 14.4 Å². The fourth-order valence-corrected chi connectivity index (χ4v) is 4.02. The minimum absolute atomic E-state index is 0.151. The number of carboxylic acid groups (broad SMARTS) is 1. The number of carbonyl (C=O) groups is 2. The summed E-state index contributed by atoms with van der Waals surface area (Å²) in [5.74, 6) is -1.41. The summed E-state index contributed by atoms with van der Waals surface area (Å²) in [5.41, 5.74) is 4.27. The maximum Gasteiger partial charge on any atom is 0.303 e. The van der Waals surface area contributed by atoms with E-state index in [4.69, 9.17) is 5.11 Å². The van der Waals surface area contributed by atoms with Crippen LogP contribution in [0.4, 0.5) is 0 Å². The first kappa shape index (κ1) is 20.5. The van der Waals surface area contributed by atoms with Crippen molar-refractivity contribution in [1.29, 1.82) is 0 Å². The van der Waals surface area contributed by atoms with Gasteiger partial charge in [-0.3, -0.25) is 14.4 Å². The predicted octanol–water partition coefficient (Wildman–Crippen LogP) is 3.69. The van der Waals surface area contributed by atoms with Gasteiger partial charge >= 0.3 is 5.97 Å². The van der Waals surface area contributed by atoms with Crippen molar-refractivity contribution in [3.8, 4) is 0 Å². The molecule has 2 heterocycles. The summed E-state index contributed by atoms with van der Waals surface area (Å²) < 4.78 is 0. The molecule has 4 rings (SSSR count). The van der Waals surface area contributed by atoms with Crippen LogP contribution in [0.1, 0.15) is 47.6 Å². The molecular formula is C24H23N3O4. The van der Waals surface area contributed by atoms with Crippen molar-refractivity contribution in [1.82, 2.24) is 9.99 Å². The van der Waals surface area contributed by atoms with Crippen LogP contribution in [0.2, 0.25) is 0 Å². The maximum absolute atomic E-state index is 12.9. The molecule has 1 aromatic heterocycles. The number of pyridine rings is 1. The molecule has 2 aromatic carbocycles. The lowest BCUT2D eigenvalue weighted by Gasteiger charge is -2.22. The van der Waals surface area contributed by atoms with Gasteiger partial charge < -0.3 is 10.1 Å². The Morgan fingerprint density at radius 3 is 2.52 bits per heavy atom. The van der Waals surface area contributed by atoms with Crippen LogP contribution < -0.4 is 5.56 Å². The molecule has 1 unspecified atom stereocenters. The van der Waals surface area contributed by atoms with E-state index in [0.29, 0.717) is 17.7 Å². The fourth-order valence-electron chi connectivity index (χ4n) is 4.02. The highest BCUT2D eigenvalue weighted by atomic mass is 16.4. The molecule has 1 aliphatic heterocycles. The lowest BCUT2D eigenvalue weighted by Crippen LogP contribution is -2.27. The van der Waals surface area contributed by atoms with E-state index in [0.717, 1.165) is 27.6 Å². The molecule has 7 heteroatoms. The highest BCUT2D eigenvalue weighted by molar-refractivity contribution is 6.06. The van der Waals surface area contributed by atoms with Gasteiger partial charge in [-0.1, -0.05) is 48.0 Å². The molecule has 31 heavy (non-hydrogen) atoms. The first-order valence-electron chi connectivity index (χ1n) is 10.1. The lowest BCUT2D eigenvalue weighted by atomic mass is 9.95. The van der Waals surface area contributed by atoms with Crippen molar-refractivity contribution in [2.45, 2.75) is 39.2 Å². The summed E-state index contributed by atoms with van der Waals surface area (Å²) >= 11 is 0. The Morgan fingerprint density at radius 2 is 1.81 bits per heavy atom. The van der Waals surface area contributed by atoms with Crippen molar-refractivity contribution >= 4 is 28.5 Å². The summed E-state index contributed by atoms with van der Waals surface area (Å²) in [4.78, 5) is 39.6. The van der Waals surface area contributed by atoms with Crippen LogP contribution in [0.15, 0.2) is 58.4 Å². The van der Waals surface area contributed by atoms with Crippen LogP contribution in [-0.2, 0) is 9.59 Å². The predicted molar refractivity (Wildman–Crippen MR) is 118 cm³/mol. The highest BCUT2D eigenvalue weighted by Crippen LogP contribution is 2.34. The number of nitrogens with one attached hydrogen (secondary N) is 1. The van der Waals surface area contributed by atoms with Crippen LogP contribution in [0, 0.1) is 13.8 Å². The number of hydrazone groups is 1. The number of benzene rings is 2. The van der Waals surface area contributed by atoms with Crippen molar-refractivity contribution in [2.24, 2.45) is 5.10 Å². The number of fused-ring (bicyclic) bond motifs is 1. The van der Waals surface area contributed by atoms with Crippen LogP contribution in [0.5, 0.6) is 0 Å². The second kappa shape index (κ2) is 8.18. The van der Waals surface area contributed by atoms with Gasteiger partial charge in [0.1, 0.15) is 0 Å². The number of carboxylic acids is 1. The molecule has 0 spiro atoms. The Labute approximate surface area is 179 Å². The van der Waals surface area contributed by atoms with E-state index in [2.05, 4.69) is 10.1 Å². The van der Waals surface area contributed by atoms with Gasteiger partial charge in [-0.2, -0.15) is 5.10 Å². The molecule has 0 aliphatic carbocycles. The first-order chi connectivity index (χ1) is 14.8. The summed E-state index contributed by atoms with van der Waals surface area (Å²) in [5, 5.41) is 15.8. The SMILES string of the molecule is Cc1ccc(C2CC(c3c(C)c4ccccc4[nH]c3=O)=NN2C(=O)CCC(=O)O)cc1. The molecule has 0 bridgehead atoms. The van der Waals surface area contributed by atoms with Gasteiger partial charge in [-0.05, 0) is 31.0 Å². The lowest BCUT2D eigenvalue weighted by molar-refractivity contribution is -0.141. The van der Waals surface area contributed by atoms with Gasteiger partial charge in [0.2, 0.25) is 5.91 Å². The third kappa shape index (κ3) is 3.99. The van der Waals surface area contributed by atoms with Gasteiger partial charge in [0, 0.05) is 23.7 Å². The van der Waals surface area contributed by atoms with Crippen molar-refractivity contribution < 1.29 is 14.7 Å². The number of aromatic amines is 1. The largest absolute Gasteiger partial charge is 0.481 e. The normalized spacial score (nSPS) is 15.9. The van der Waals surface area contributed by atoms with E-state index in [1.165, 1.54) is 5.01 Å². The van der Waals surface area contributed by atoms with E-state index < -0.39 is 5.97 Å². The molecule has 3 aromatic rings. The quantitative estimate of drug-likeness (QED) is 0.661. The summed E-state index contributed by atoms with van der Waals surface area (Å²) in [6, 6.07) is 15.0. The maximum atomic E-state index is 12.9. The molecule has 7 nitrogen and oxygen atoms in total. The number of aromatic nitrogens is 1. The number of nitrogens with zero attached hydrogens (tertiary/aromatic N) is 2. The second-order valence-electron chi connectivity index (χ2n) is 7.81. The Bertz CT molecular complexity index is 1260. The van der Waals surface area contributed by atoms with Crippen molar-refractivity contribution in [2.75, 3.05) is 0 Å². The summed E-state index contributed by atoms with van der Waals surface area (Å²) in [6.45, 7) is 3.86. The zero-order chi connectivity index (χ0) is 22.1. The number of hydrogen-bond donors (Lipinski definition) is 2. The van der Waals surface area contributed by atoms with Gasteiger partial charge in [0.15, 0.2) is 0 Å². The van der Waals surface area contributed by atoms with Gasteiger partial charge in [-0.25, -0.2) is 5.01 Å². The van der Waals surface area contributed by atoms with E-state index in [-0.39, 0.29) is 30.3 Å². The Balaban J connectivity index is 1.78. The first-order valence-corrected chi connectivity index (χ1v) is 10.1. The molecule has 158 valence electrons. The minimum Gasteiger partial charge on any atom is -0.481 e. The molecule has 0 radical (unpaired) electrons. The monoisotopic (exact) mass is 417 g/mol. The Hall–Kier alpha value is -3.74. The molecule has 1 amide bonds. The van der Waals surface area contributed by atoms with E-state index >= 15 is 0 Å². The van der Waals surface area contributed by atoms with Crippen LogP contribution >= 0.6 is 0 Å². The molecular weight excluding hydrogens is 394 g/mol. The van der Waals surface area contributed by atoms with E-state index in [1.54, 1.807) is 0 Å². The highest BCUT2D eigenvalue weighted by Gasteiger charge is 2.34. The number of aryl methyl sites for hydroxylation is 2. The number of amides is 1. The second-order valence-corrected chi connectivity index (χ2v) is 7.81. The molecule has 0 saturated heterocycles. The van der Waals surface area contributed by atoms with Crippen LogP contribution in [-0.4, -0.2) is 32.7 Å². The van der Waals surface area contributed by atoms with Gasteiger partial charge in [0.05, 0.1) is 23.7 Å². The fraction of sp³-hybridized carbons (Fsp3) is 0.250. The number of para-hydroxylation sites is 1. The minimum atomic E-state index is -1.04.